The molecule has 0 aliphatic heterocycles. The molecule has 0 bridgehead atoms. The van der Waals surface area contributed by atoms with Gasteiger partial charge in [0.25, 0.3) is 0 Å². The lowest BCUT2D eigenvalue weighted by Crippen LogP contribution is -2.41. The zero-order chi connectivity index (χ0) is 15.3. The van der Waals surface area contributed by atoms with Crippen molar-refractivity contribution in [2.75, 3.05) is 6.54 Å². The van der Waals surface area contributed by atoms with Crippen LogP contribution >= 0.6 is 0 Å². The van der Waals surface area contributed by atoms with Crippen molar-refractivity contribution in [2.24, 2.45) is 5.92 Å². The Labute approximate surface area is 122 Å². The van der Waals surface area contributed by atoms with Gasteiger partial charge in [0.05, 0.1) is 0 Å². The maximum Gasteiger partial charge on any atom is 0.320 e. The Morgan fingerprint density at radius 2 is 1.75 bits per heavy atom. The Morgan fingerprint density at radius 3 is 2.15 bits per heavy atom. The minimum atomic E-state index is -0.775. The van der Waals surface area contributed by atoms with Gasteiger partial charge >= 0.3 is 5.97 Å². The van der Waals surface area contributed by atoms with Crippen LogP contribution in [-0.2, 0) is 16.6 Å². The van der Waals surface area contributed by atoms with Crippen molar-refractivity contribution >= 4 is 5.97 Å². The number of benzene rings is 1. The van der Waals surface area contributed by atoms with E-state index in [2.05, 4.69) is 50.4 Å². The molecule has 0 saturated carbocycles. The molecule has 0 amide bonds. The molecule has 3 nitrogen and oxygen atoms in total. The fraction of sp³-hybridized carbons (Fsp3) is 0.588. The molecule has 2 N–H and O–H groups in total. The molecule has 0 saturated heterocycles. The van der Waals surface area contributed by atoms with Crippen LogP contribution in [0.3, 0.4) is 0 Å². The van der Waals surface area contributed by atoms with Crippen molar-refractivity contribution in [1.29, 1.82) is 0 Å². The Morgan fingerprint density at radius 1 is 1.20 bits per heavy atom. The Kier molecular flexibility index (Phi) is 5.75. The van der Waals surface area contributed by atoms with Gasteiger partial charge in [-0.25, -0.2) is 0 Å². The molecule has 1 aromatic carbocycles. The summed E-state index contributed by atoms with van der Waals surface area (Å²) >= 11 is 0. The van der Waals surface area contributed by atoms with Gasteiger partial charge < -0.3 is 10.4 Å². The highest BCUT2D eigenvalue weighted by Crippen LogP contribution is 2.22. The predicted octanol–water partition coefficient (Wildman–Crippen LogP) is 3.23. The summed E-state index contributed by atoms with van der Waals surface area (Å²) < 4.78 is 0. The first-order chi connectivity index (χ1) is 9.21. The van der Waals surface area contributed by atoms with Crippen LogP contribution in [0.5, 0.6) is 0 Å². The molecule has 20 heavy (non-hydrogen) atoms. The van der Waals surface area contributed by atoms with Crippen LogP contribution in [0, 0.1) is 5.92 Å². The summed E-state index contributed by atoms with van der Waals surface area (Å²) in [7, 11) is 0. The molecular formula is C17H27NO2. The Hall–Kier alpha value is -1.35. The first-order valence-corrected chi connectivity index (χ1v) is 7.27. The summed E-state index contributed by atoms with van der Waals surface area (Å²) in [6.07, 6.45) is 0.848. The van der Waals surface area contributed by atoms with Crippen molar-refractivity contribution in [3.05, 3.63) is 35.4 Å². The zero-order valence-corrected chi connectivity index (χ0v) is 13.2. The lowest BCUT2D eigenvalue weighted by molar-refractivity contribution is -0.140. The van der Waals surface area contributed by atoms with Gasteiger partial charge in [-0.2, -0.15) is 0 Å². The third kappa shape index (κ3) is 4.97. The summed E-state index contributed by atoms with van der Waals surface area (Å²) in [5, 5.41) is 12.2. The van der Waals surface area contributed by atoms with E-state index in [1.807, 2.05) is 13.8 Å². The van der Waals surface area contributed by atoms with E-state index in [1.165, 1.54) is 11.1 Å². The van der Waals surface area contributed by atoms with Gasteiger partial charge in [-0.15, -0.1) is 0 Å². The maximum absolute atomic E-state index is 11.1. The monoisotopic (exact) mass is 277 g/mol. The van der Waals surface area contributed by atoms with Crippen LogP contribution < -0.4 is 5.32 Å². The summed E-state index contributed by atoms with van der Waals surface area (Å²) in [4.78, 5) is 11.1. The number of hydrogen-bond donors (Lipinski definition) is 2. The Bertz CT molecular complexity index is 429. The largest absolute Gasteiger partial charge is 0.480 e. The minimum absolute atomic E-state index is 0.0933. The first kappa shape index (κ1) is 16.7. The van der Waals surface area contributed by atoms with Crippen LogP contribution in [0.4, 0.5) is 0 Å². The van der Waals surface area contributed by atoms with E-state index in [0.717, 1.165) is 6.42 Å². The molecule has 0 spiro atoms. The first-order valence-electron chi connectivity index (χ1n) is 7.27. The topological polar surface area (TPSA) is 49.3 Å². The summed E-state index contributed by atoms with van der Waals surface area (Å²) in [6, 6.07) is 8.11. The van der Waals surface area contributed by atoms with E-state index in [-0.39, 0.29) is 11.3 Å². The van der Waals surface area contributed by atoms with Gasteiger partial charge in [0.15, 0.2) is 0 Å². The SMILES string of the molecule is CC(C)[C@H](NCCc1ccc(C(C)(C)C)cc1)C(=O)O. The van der Waals surface area contributed by atoms with Crippen molar-refractivity contribution in [2.45, 2.75) is 52.5 Å². The van der Waals surface area contributed by atoms with Crippen LogP contribution in [-0.4, -0.2) is 23.7 Å². The van der Waals surface area contributed by atoms with E-state index < -0.39 is 12.0 Å². The maximum atomic E-state index is 11.1. The number of aliphatic carboxylic acids is 1. The molecule has 0 aromatic heterocycles. The van der Waals surface area contributed by atoms with Gasteiger partial charge in [0, 0.05) is 0 Å². The van der Waals surface area contributed by atoms with Gasteiger partial charge in [0.2, 0.25) is 0 Å². The van der Waals surface area contributed by atoms with Crippen LogP contribution in [0.1, 0.15) is 45.7 Å². The fourth-order valence-electron chi connectivity index (χ4n) is 2.15. The molecule has 112 valence electrons. The molecular weight excluding hydrogens is 250 g/mol. The number of carboxylic acid groups (broad SMARTS) is 1. The zero-order valence-electron chi connectivity index (χ0n) is 13.2. The number of hydrogen-bond acceptors (Lipinski definition) is 2. The fourth-order valence-corrected chi connectivity index (χ4v) is 2.15. The van der Waals surface area contributed by atoms with E-state index in [4.69, 9.17) is 5.11 Å². The van der Waals surface area contributed by atoms with Gasteiger partial charge in [-0.3, -0.25) is 4.79 Å². The summed E-state index contributed by atoms with van der Waals surface area (Å²) in [5.41, 5.74) is 2.72. The number of nitrogens with one attached hydrogen (secondary N) is 1. The van der Waals surface area contributed by atoms with E-state index >= 15 is 0 Å². The highest BCUT2D eigenvalue weighted by atomic mass is 16.4. The minimum Gasteiger partial charge on any atom is -0.480 e. The second kappa shape index (κ2) is 6.89. The second-order valence-electron chi connectivity index (χ2n) is 6.71. The molecule has 0 aliphatic rings. The molecule has 1 rings (SSSR count). The van der Waals surface area contributed by atoms with Gasteiger partial charge in [-0.1, -0.05) is 58.9 Å². The Balaban J connectivity index is 2.52. The molecule has 0 unspecified atom stereocenters. The molecule has 3 heteroatoms. The molecule has 0 heterocycles. The van der Waals surface area contributed by atoms with E-state index in [9.17, 15) is 4.79 Å². The van der Waals surface area contributed by atoms with Crippen molar-refractivity contribution < 1.29 is 9.90 Å². The predicted molar refractivity (Wildman–Crippen MR) is 83.1 cm³/mol. The number of rotatable bonds is 6. The normalized spacial score (nSPS) is 13.5. The molecule has 1 aromatic rings. The second-order valence-corrected chi connectivity index (χ2v) is 6.71. The average Bonchev–Trinajstić information content (AvgIpc) is 2.33. The van der Waals surface area contributed by atoms with Crippen LogP contribution in [0.25, 0.3) is 0 Å². The smallest absolute Gasteiger partial charge is 0.320 e. The van der Waals surface area contributed by atoms with Crippen LogP contribution in [0.15, 0.2) is 24.3 Å². The standard InChI is InChI=1S/C17H27NO2/c1-12(2)15(16(19)20)18-11-10-13-6-8-14(9-7-13)17(3,4)5/h6-9,12,15,18H,10-11H2,1-5H3,(H,19,20)/t15-/m0/s1. The molecule has 0 radical (unpaired) electrons. The van der Waals surface area contributed by atoms with Crippen molar-refractivity contribution in [3.8, 4) is 0 Å². The number of carboxylic acids is 1. The summed E-state index contributed by atoms with van der Waals surface area (Å²) in [5.74, 6) is -0.682. The third-order valence-electron chi connectivity index (χ3n) is 3.53. The van der Waals surface area contributed by atoms with Gasteiger partial charge in [-0.05, 0) is 35.4 Å². The lowest BCUT2D eigenvalue weighted by Gasteiger charge is -2.20. The molecule has 0 fully saturated rings. The molecule has 0 aliphatic carbocycles. The van der Waals surface area contributed by atoms with Gasteiger partial charge in [0.1, 0.15) is 6.04 Å². The molecule has 1 atom stereocenters. The third-order valence-corrected chi connectivity index (χ3v) is 3.53. The lowest BCUT2D eigenvalue weighted by atomic mass is 9.86. The average molecular weight is 277 g/mol. The summed E-state index contributed by atoms with van der Waals surface area (Å²) in [6.45, 7) is 11.1. The van der Waals surface area contributed by atoms with E-state index in [1.54, 1.807) is 0 Å². The highest BCUT2D eigenvalue weighted by Gasteiger charge is 2.20. The van der Waals surface area contributed by atoms with Crippen molar-refractivity contribution in [3.63, 3.8) is 0 Å². The highest BCUT2D eigenvalue weighted by molar-refractivity contribution is 5.73. The number of carbonyl (C=O) groups is 1. The quantitative estimate of drug-likeness (QED) is 0.839. The van der Waals surface area contributed by atoms with Crippen molar-refractivity contribution in [1.82, 2.24) is 5.32 Å². The van der Waals surface area contributed by atoms with Crippen LogP contribution in [0.2, 0.25) is 0 Å². The van der Waals surface area contributed by atoms with E-state index in [0.29, 0.717) is 6.54 Å².